The van der Waals surface area contributed by atoms with Gasteiger partial charge in [0.2, 0.25) is 0 Å². The third-order valence-corrected chi connectivity index (χ3v) is 8.60. The Morgan fingerprint density at radius 3 is 2.00 bits per heavy atom. The fourth-order valence-corrected chi connectivity index (χ4v) is 5.40. The van der Waals surface area contributed by atoms with Crippen molar-refractivity contribution in [3.05, 3.63) is 131 Å². The first kappa shape index (κ1) is 30.6. The van der Waals surface area contributed by atoms with Crippen molar-refractivity contribution in [1.29, 1.82) is 0 Å². The molecule has 1 N–H and O–H groups in total. The zero-order valence-electron chi connectivity index (χ0n) is 24.3. The zero-order valence-corrected chi connectivity index (χ0v) is 25.1. The molecule has 0 radical (unpaired) electrons. The lowest BCUT2D eigenvalue weighted by atomic mass is 9.86. The lowest BCUT2D eigenvalue weighted by Crippen LogP contribution is -2.40. The number of carbonyl (C=O) groups excluding carboxylic acids is 2. The Balaban J connectivity index is 1.48. The Labute approximate surface area is 246 Å². The highest BCUT2D eigenvalue weighted by molar-refractivity contribution is 7.90. The van der Waals surface area contributed by atoms with Crippen LogP contribution in [0.4, 0.5) is 15.8 Å². The molecule has 7 nitrogen and oxygen atoms in total. The largest absolute Gasteiger partial charge is 0.322 e. The third kappa shape index (κ3) is 6.92. The standard InChI is InChI=1S/C33H34FN3O4S/c1-33(2,3)27-19-17-24(18-20-27)31(38)26-9-8-10-28(21-26)35-32(39)25-15-13-23(14-16-25)22-37(42(40,41)36(4)5)30-12-7-6-11-29(30)34/h6-21H,22H2,1-5H3,(H,35,39). The van der Waals surface area contributed by atoms with Crippen molar-refractivity contribution < 1.29 is 22.4 Å². The molecular formula is C33H34FN3O4S. The SMILES string of the molecule is CN(C)S(=O)(=O)N(Cc1ccc(C(=O)Nc2cccc(C(=O)c3ccc(C(C)(C)C)cc3)c2)cc1)c1ccccc1F. The third-order valence-electron chi connectivity index (χ3n) is 6.80. The number of halogens is 1. The minimum absolute atomic E-state index is 0.0207. The van der Waals surface area contributed by atoms with Crippen LogP contribution in [0, 0.1) is 5.82 Å². The average molecular weight is 588 g/mol. The van der Waals surface area contributed by atoms with Gasteiger partial charge in [-0.1, -0.05) is 81.4 Å². The fourth-order valence-electron chi connectivity index (χ4n) is 4.30. The van der Waals surface area contributed by atoms with Crippen LogP contribution in [0.2, 0.25) is 0 Å². The number of nitrogens with zero attached hydrogens (tertiary/aromatic N) is 2. The van der Waals surface area contributed by atoms with Crippen molar-refractivity contribution in [3.63, 3.8) is 0 Å². The molecule has 42 heavy (non-hydrogen) atoms. The number of amides is 1. The predicted octanol–water partition coefficient (Wildman–Crippen LogP) is 6.42. The van der Waals surface area contributed by atoms with E-state index in [4.69, 9.17) is 0 Å². The number of benzene rings is 4. The summed E-state index contributed by atoms with van der Waals surface area (Å²) in [4.78, 5) is 26.1. The number of ketones is 1. The van der Waals surface area contributed by atoms with E-state index in [0.29, 0.717) is 27.9 Å². The van der Waals surface area contributed by atoms with Crippen LogP contribution in [-0.4, -0.2) is 38.5 Å². The summed E-state index contributed by atoms with van der Waals surface area (Å²) in [6, 6.07) is 26.3. The maximum Gasteiger partial charge on any atom is 0.303 e. The molecule has 4 aromatic rings. The number of carbonyl (C=O) groups is 2. The van der Waals surface area contributed by atoms with E-state index in [-0.39, 0.29) is 23.4 Å². The van der Waals surface area contributed by atoms with Gasteiger partial charge in [0, 0.05) is 36.5 Å². The van der Waals surface area contributed by atoms with Crippen molar-refractivity contribution >= 4 is 33.3 Å². The van der Waals surface area contributed by atoms with Gasteiger partial charge in [0.15, 0.2) is 5.78 Å². The van der Waals surface area contributed by atoms with Crippen LogP contribution >= 0.6 is 0 Å². The Morgan fingerprint density at radius 2 is 1.40 bits per heavy atom. The van der Waals surface area contributed by atoms with E-state index >= 15 is 0 Å². The number of para-hydroxylation sites is 1. The van der Waals surface area contributed by atoms with E-state index in [1.54, 1.807) is 54.6 Å². The lowest BCUT2D eigenvalue weighted by Gasteiger charge is -2.27. The van der Waals surface area contributed by atoms with Crippen LogP contribution in [0.25, 0.3) is 0 Å². The molecular weight excluding hydrogens is 553 g/mol. The molecule has 4 aromatic carbocycles. The molecule has 0 aromatic heterocycles. The first-order valence-electron chi connectivity index (χ1n) is 13.4. The van der Waals surface area contributed by atoms with Gasteiger partial charge in [-0.15, -0.1) is 0 Å². The summed E-state index contributed by atoms with van der Waals surface area (Å²) < 4.78 is 42.5. The molecule has 218 valence electrons. The van der Waals surface area contributed by atoms with Crippen LogP contribution in [0.1, 0.15) is 58.2 Å². The second-order valence-corrected chi connectivity index (χ2v) is 13.2. The van der Waals surface area contributed by atoms with Crippen molar-refractivity contribution in [3.8, 4) is 0 Å². The average Bonchev–Trinajstić information content (AvgIpc) is 2.96. The van der Waals surface area contributed by atoms with E-state index in [2.05, 4.69) is 26.1 Å². The van der Waals surface area contributed by atoms with Crippen LogP contribution in [0.15, 0.2) is 97.1 Å². The molecule has 1 amide bonds. The predicted molar refractivity (Wildman–Crippen MR) is 165 cm³/mol. The number of hydrogen-bond donors (Lipinski definition) is 1. The van der Waals surface area contributed by atoms with Crippen molar-refractivity contribution in [1.82, 2.24) is 4.31 Å². The van der Waals surface area contributed by atoms with Crippen molar-refractivity contribution in [2.24, 2.45) is 0 Å². The minimum atomic E-state index is -4.00. The molecule has 0 fully saturated rings. The smallest absolute Gasteiger partial charge is 0.303 e. The topological polar surface area (TPSA) is 86.8 Å². The molecule has 4 rings (SSSR count). The summed E-state index contributed by atoms with van der Waals surface area (Å²) in [6.07, 6.45) is 0. The Kier molecular flexibility index (Phi) is 8.94. The van der Waals surface area contributed by atoms with Gasteiger partial charge in [-0.05, 0) is 52.9 Å². The van der Waals surface area contributed by atoms with Gasteiger partial charge in [0.1, 0.15) is 5.82 Å². The molecule has 0 saturated carbocycles. The molecule has 0 aliphatic rings. The van der Waals surface area contributed by atoms with Crippen LogP contribution in [0.3, 0.4) is 0 Å². The van der Waals surface area contributed by atoms with E-state index in [1.165, 1.54) is 32.3 Å². The Bertz CT molecular complexity index is 1690. The Hall–Kier alpha value is -4.34. The van der Waals surface area contributed by atoms with Gasteiger partial charge in [-0.3, -0.25) is 13.9 Å². The second kappa shape index (κ2) is 12.3. The first-order chi connectivity index (χ1) is 19.8. The maximum atomic E-state index is 14.5. The number of rotatable bonds is 9. The van der Waals surface area contributed by atoms with Gasteiger partial charge >= 0.3 is 10.2 Å². The van der Waals surface area contributed by atoms with Gasteiger partial charge < -0.3 is 5.32 Å². The van der Waals surface area contributed by atoms with Crippen LogP contribution in [0.5, 0.6) is 0 Å². The fraction of sp³-hybridized carbons (Fsp3) is 0.212. The molecule has 0 unspecified atom stereocenters. The van der Waals surface area contributed by atoms with E-state index in [0.717, 1.165) is 14.2 Å². The molecule has 0 aliphatic heterocycles. The summed E-state index contributed by atoms with van der Waals surface area (Å²) >= 11 is 0. The summed E-state index contributed by atoms with van der Waals surface area (Å²) in [5.41, 5.74) is 3.39. The molecule has 0 saturated heterocycles. The van der Waals surface area contributed by atoms with Crippen molar-refractivity contribution in [2.75, 3.05) is 23.7 Å². The molecule has 9 heteroatoms. The molecule has 0 atom stereocenters. The first-order valence-corrected chi connectivity index (χ1v) is 14.8. The highest BCUT2D eigenvalue weighted by Gasteiger charge is 2.27. The van der Waals surface area contributed by atoms with E-state index in [1.807, 2.05) is 24.3 Å². The minimum Gasteiger partial charge on any atom is -0.322 e. The summed E-state index contributed by atoms with van der Waals surface area (Å²) in [5.74, 6) is -1.21. The molecule has 0 heterocycles. The normalized spacial score (nSPS) is 11.8. The highest BCUT2D eigenvalue weighted by atomic mass is 32.2. The molecule has 0 aliphatic carbocycles. The van der Waals surface area contributed by atoms with Crippen molar-refractivity contribution in [2.45, 2.75) is 32.7 Å². The number of nitrogens with one attached hydrogen (secondary N) is 1. The Morgan fingerprint density at radius 1 is 0.786 bits per heavy atom. The zero-order chi connectivity index (χ0) is 30.7. The highest BCUT2D eigenvalue weighted by Crippen LogP contribution is 2.26. The monoisotopic (exact) mass is 587 g/mol. The van der Waals surface area contributed by atoms with Gasteiger partial charge in [-0.25, -0.2) is 4.39 Å². The van der Waals surface area contributed by atoms with Gasteiger partial charge in [0.25, 0.3) is 5.91 Å². The van der Waals surface area contributed by atoms with Gasteiger partial charge in [-0.2, -0.15) is 12.7 Å². The number of hydrogen-bond acceptors (Lipinski definition) is 4. The summed E-state index contributed by atoms with van der Waals surface area (Å²) in [5, 5.41) is 2.81. The number of anilines is 2. The van der Waals surface area contributed by atoms with Crippen LogP contribution < -0.4 is 9.62 Å². The second-order valence-electron chi connectivity index (χ2n) is 11.1. The maximum absolute atomic E-state index is 14.5. The molecule has 0 bridgehead atoms. The van der Waals surface area contributed by atoms with Gasteiger partial charge in [0.05, 0.1) is 12.2 Å². The lowest BCUT2D eigenvalue weighted by molar-refractivity contribution is 0.102. The summed E-state index contributed by atoms with van der Waals surface area (Å²) in [7, 11) is -1.25. The summed E-state index contributed by atoms with van der Waals surface area (Å²) in [6.45, 7) is 6.20. The molecule has 0 spiro atoms. The van der Waals surface area contributed by atoms with E-state index < -0.39 is 21.9 Å². The van der Waals surface area contributed by atoms with E-state index in [9.17, 15) is 22.4 Å². The quantitative estimate of drug-likeness (QED) is 0.229. The van der Waals surface area contributed by atoms with Crippen LogP contribution in [-0.2, 0) is 22.2 Å².